The van der Waals surface area contributed by atoms with Crippen molar-refractivity contribution in [3.05, 3.63) is 29.8 Å². The van der Waals surface area contributed by atoms with E-state index in [2.05, 4.69) is 27.4 Å². The number of nitrogens with one attached hydrogen (secondary N) is 2. The van der Waals surface area contributed by atoms with Crippen LogP contribution < -0.4 is 15.4 Å². The second-order valence-electron chi connectivity index (χ2n) is 7.49. The predicted octanol–water partition coefficient (Wildman–Crippen LogP) is 1.11. The minimum atomic E-state index is -0.0168. The molecule has 0 aliphatic carbocycles. The Kier molecular flexibility index (Phi) is 10.4. The summed E-state index contributed by atoms with van der Waals surface area (Å²) in [5.74, 6) is 1.85. The zero-order valence-electron chi connectivity index (χ0n) is 18.8. The van der Waals surface area contributed by atoms with Gasteiger partial charge in [-0.3, -0.25) is 9.69 Å². The first-order chi connectivity index (χ1) is 14.5. The van der Waals surface area contributed by atoms with Gasteiger partial charge in [-0.1, -0.05) is 18.2 Å². The molecule has 1 aliphatic rings. The van der Waals surface area contributed by atoms with Crippen molar-refractivity contribution in [2.24, 2.45) is 4.99 Å². The quantitative estimate of drug-likeness (QED) is 0.336. The van der Waals surface area contributed by atoms with Crippen molar-refractivity contribution in [2.75, 3.05) is 66.1 Å². The molecule has 1 aromatic carbocycles. The van der Waals surface area contributed by atoms with Crippen LogP contribution in [0.25, 0.3) is 0 Å². The van der Waals surface area contributed by atoms with Crippen LogP contribution in [0.5, 0.6) is 5.75 Å². The van der Waals surface area contributed by atoms with Crippen LogP contribution in [0.4, 0.5) is 0 Å². The van der Waals surface area contributed by atoms with Crippen LogP contribution >= 0.6 is 0 Å². The van der Waals surface area contributed by atoms with Crippen LogP contribution in [-0.2, 0) is 9.53 Å². The van der Waals surface area contributed by atoms with Gasteiger partial charge >= 0.3 is 0 Å². The number of aliphatic imine (C=N–C) groups is 1. The monoisotopic (exact) mass is 419 g/mol. The van der Waals surface area contributed by atoms with Gasteiger partial charge in [0, 0.05) is 46.4 Å². The van der Waals surface area contributed by atoms with Gasteiger partial charge in [0.25, 0.3) is 0 Å². The minimum Gasteiger partial charge on any atom is -0.489 e. The smallest absolute Gasteiger partial charge is 0.234 e. The summed E-state index contributed by atoms with van der Waals surface area (Å²) in [6.45, 7) is 12.4. The first-order valence-corrected chi connectivity index (χ1v) is 10.8. The summed E-state index contributed by atoms with van der Waals surface area (Å²) in [5, 5.41) is 6.25. The van der Waals surface area contributed by atoms with E-state index in [1.165, 1.54) is 0 Å². The van der Waals surface area contributed by atoms with E-state index in [1.54, 1.807) is 7.11 Å². The van der Waals surface area contributed by atoms with Crippen molar-refractivity contribution < 1.29 is 14.3 Å². The molecule has 2 rings (SSSR count). The lowest BCUT2D eigenvalue weighted by molar-refractivity contribution is -0.122. The number of piperazine rings is 1. The fraction of sp³-hybridized carbons (Fsp3) is 0.636. The van der Waals surface area contributed by atoms with E-state index in [0.717, 1.165) is 50.0 Å². The predicted molar refractivity (Wildman–Crippen MR) is 120 cm³/mol. The normalized spacial score (nSPS) is 16.3. The maximum absolute atomic E-state index is 12.0. The van der Waals surface area contributed by atoms with E-state index in [4.69, 9.17) is 14.5 Å². The van der Waals surface area contributed by atoms with Gasteiger partial charge in [0.1, 0.15) is 11.9 Å². The molecule has 0 spiro atoms. The average Bonchev–Trinajstić information content (AvgIpc) is 2.73. The number of para-hydroxylation sites is 1. The van der Waals surface area contributed by atoms with Gasteiger partial charge in [0.05, 0.1) is 19.7 Å². The molecule has 1 saturated heterocycles. The number of carbonyl (C=O) groups is 1. The number of hydrogen-bond donors (Lipinski definition) is 2. The van der Waals surface area contributed by atoms with Crippen LogP contribution in [0.3, 0.4) is 0 Å². The summed E-state index contributed by atoms with van der Waals surface area (Å²) < 4.78 is 11.0. The second-order valence-corrected chi connectivity index (χ2v) is 7.49. The molecule has 8 nitrogen and oxygen atoms in total. The third-order valence-electron chi connectivity index (χ3n) is 4.92. The van der Waals surface area contributed by atoms with E-state index < -0.39 is 0 Å². The highest BCUT2D eigenvalue weighted by Crippen LogP contribution is 2.17. The molecule has 1 heterocycles. The third kappa shape index (κ3) is 8.20. The van der Waals surface area contributed by atoms with Gasteiger partial charge in [0.2, 0.25) is 5.91 Å². The number of hydrogen-bond acceptors (Lipinski definition) is 5. The molecule has 8 heteroatoms. The zero-order valence-corrected chi connectivity index (χ0v) is 18.8. The summed E-state index contributed by atoms with van der Waals surface area (Å²) in [4.78, 5) is 21.2. The number of rotatable bonds is 10. The first-order valence-electron chi connectivity index (χ1n) is 10.8. The van der Waals surface area contributed by atoms with E-state index in [0.29, 0.717) is 26.2 Å². The van der Waals surface area contributed by atoms with Crippen LogP contribution in [0.1, 0.15) is 19.4 Å². The number of methoxy groups -OCH3 is 1. The second kappa shape index (κ2) is 13.1. The highest BCUT2D eigenvalue weighted by Gasteiger charge is 2.21. The first kappa shape index (κ1) is 24.0. The topological polar surface area (TPSA) is 78.4 Å². The maximum atomic E-state index is 12.0. The summed E-state index contributed by atoms with van der Waals surface area (Å²) >= 11 is 0. The number of nitrogens with zero attached hydrogens (tertiary/aromatic N) is 3. The number of amides is 1. The van der Waals surface area contributed by atoms with Gasteiger partial charge in [-0.2, -0.15) is 0 Å². The van der Waals surface area contributed by atoms with E-state index in [1.807, 2.05) is 38.1 Å². The molecule has 2 N–H and O–H groups in total. The Morgan fingerprint density at radius 2 is 1.93 bits per heavy atom. The average molecular weight is 420 g/mol. The van der Waals surface area contributed by atoms with Gasteiger partial charge in [-0.25, -0.2) is 4.99 Å². The lowest BCUT2D eigenvalue weighted by Gasteiger charge is -2.36. The number of ether oxygens (including phenoxy) is 2. The Bertz CT molecular complexity index is 674. The molecule has 1 fully saturated rings. The molecule has 30 heavy (non-hydrogen) atoms. The number of guanidine groups is 1. The minimum absolute atomic E-state index is 0.0168. The summed E-state index contributed by atoms with van der Waals surface area (Å²) in [5.41, 5.74) is 1.13. The molecule has 1 aromatic rings. The zero-order chi connectivity index (χ0) is 21.8. The van der Waals surface area contributed by atoms with E-state index in [-0.39, 0.29) is 12.0 Å². The molecule has 1 unspecified atom stereocenters. The van der Waals surface area contributed by atoms with Gasteiger partial charge in [-0.05, 0) is 32.4 Å². The fourth-order valence-electron chi connectivity index (χ4n) is 3.25. The van der Waals surface area contributed by atoms with E-state index >= 15 is 0 Å². The molecule has 1 amide bonds. The van der Waals surface area contributed by atoms with Crippen LogP contribution in [0, 0.1) is 6.92 Å². The van der Waals surface area contributed by atoms with Crippen molar-refractivity contribution in [2.45, 2.75) is 26.9 Å². The molecule has 1 atom stereocenters. The van der Waals surface area contributed by atoms with Gasteiger partial charge in [0.15, 0.2) is 5.96 Å². The van der Waals surface area contributed by atoms with Gasteiger partial charge < -0.3 is 25.0 Å². The van der Waals surface area contributed by atoms with E-state index in [9.17, 15) is 4.79 Å². The summed E-state index contributed by atoms with van der Waals surface area (Å²) in [6.07, 6.45) is -0.0168. The fourth-order valence-corrected chi connectivity index (χ4v) is 3.25. The molecular weight excluding hydrogens is 382 g/mol. The van der Waals surface area contributed by atoms with Crippen LogP contribution in [-0.4, -0.2) is 93.8 Å². The lowest BCUT2D eigenvalue weighted by atomic mass is 10.2. The molecule has 0 aromatic heterocycles. The summed E-state index contributed by atoms with van der Waals surface area (Å²) in [7, 11) is 1.63. The molecule has 0 bridgehead atoms. The SMILES string of the molecule is CCNC(=NCC(C)Oc1ccccc1C)N1CCN(CC(=O)NCCOC)CC1. The molecule has 0 radical (unpaired) electrons. The number of carbonyl (C=O) groups excluding carboxylic acids is 1. The highest BCUT2D eigenvalue weighted by molar-refractivity contribution is 5.80. The number of benzene rings is 1. The van der Waals surface area contributed by atoms with Crippen molar-refractivity contribution in [3.63, 3.8) is 0 Å². The Morgan fingerprint density at radius 1 is 1.20 bits per heavy atom. The molecule has 0 saturated carbocycles. The van der Waals surface area contributed by atoms with Crippen molar-refractivity contribution in [3.8, 4) is 5.75 Å². The maximum Gasteiger partial charge on any atom is 0.234 e. The standard InChI is InChI=1S/C22H37N5O3/c1-5-23-22(25-16-19(3)30-20-9-7-6-8-18(20)2)27-13-11-26(12-14-27)17-21(28)24-10-15-29-4/h6-9,19H,5,10-17H2,1-4H3,(H,23,25)(H,24,28). The Hall–Kier alpha value is -2.32. The number of aryl methyl sites for hydroxylation is 1. The Labute approximate surface area is 180 Å². The third-order valence-corrected chi connectivity index (χ3v) is 4.92. The van der Waals surface area contributed by atoms with Gasteiger partial charge in [-0.15, -0.1) is 0 Å². The molecular formula is C22H37N5O3. The lowest BCUT2D eigenvalue weighted by Crippen LogP contribution is -2.54. The summed E-state index contributed by atoms with van der Waals surface area (Å²) in [6, 6.07) is 8.04. The molecule has 168 valence electrons. The Balaban J connectivity index is 1.81. The highest BCUT2D eigenvalue weighted by atomic mass is 16.5. The van der Waals surface area contributed by atoms with Crippen LogP contribution in [0.2, 0.25) is 0 Å². The van der Waals surface area contributed by atoms with Crippen molar-refractivity contribution in [1.82, 2.24) is 20.4 Å². The molecule has 1 aliphatic heterocycles. The van der Waals surface area contributed by atoms with Crippen molar-refractivity contribution >= 4 is 11.9 Å². The van der Waals surface area contributed by atoms with Crippen molar-refractivity contribution in [1.29, 1.82) is 0 Å². The largest absolute Gasteiger partial charge is 0.489 e. The Morgan fingerprint density at radius 3 is 2.60 bits per heavy atom. The van der Waals surface area contributed by atoms with Crippen LogP contribution in [0.15, 0.2) is 29.3 Å².